The molecule has 6 heteroatoms. The molecule has 0 unspecified atom stereocenters. The average Bonchev–Trinajstić information content (AvgIpc) is 2.94. The van der Waals surface area contributed by atoms with E-state index in [4.69, 9.17) is 26.0 Å². The Labute approximate surface area is 137 Å². The molecule has 2 aromatic carbocycles. The average molecular weight is 332 g/mol. The van der Waals surface area contributed by atoms with Gasteiger partial charge in [-0.1, -0.05) is 35.0 Å². The zero-order valence-electron chi connectivity index (χ0n) is 12.6. The number of aliphatic carboxylic acids is 1. The summed E-state index contributed by atoms with van der Waals surface area (Å²) in [5, 5.41) is 13.8. The van der Waals surface area contributed by atoms with Gasteiger partial charge in [-0.25, -0.2) is 4.79 Å². The molecule has 0 saturated heterocycles. The van der Waals surface area contributed by atoms with Crippen molar-refractivity contribution in [2.75, 3.05) is 6.61 Å². The normalized spacial score (nSPS) is 10.9. The summed E-state index contributed by atoms with van der Waals surface area (Å²) >= 11 is 6.25. The fourth-order valence-corrected chi connectivity index (χ4v) is 2.66. The molecule has 0 saturated carbocycles. The Balaban J connectivity index is 2.10. The first-order chi connectivity index (χ1) is 11.0. The number of carboxylic acid groups (broad SMARTS) is 1. The first-order valence-corrected chi connectivity index (χ1v) is 7.36. The number of fused-ring (bicyclic) bond motifs is 1. The maximum Gasteiger partial charge on any atom is 0.341 e. The van der Waals surface area contributed by atoms with E-state index in [1.54, 1.807) is 12.1 Å². The lowest BCUT2D eigenvalue weighted by atomic mass is 9.99. The van der Waals surface area contributed by atoms with Crippen LogP contribution in [0.25, 0.3) is 22.2 Å². The van der Waals surface area contributed by atoms with Gasteiger partial charge in [-0.3, -0.25) is 0 Å². The van der Waals surface area contributed by atoms with Crippen LogP contribution in [0.1, 0.15) is 11.1 Å². The van der Waals surface area contributed by atoms with Gasteiger partial charge in [0.05, 0.1) is 5.39 Å². The molecule has 0 aliphatic carbocycles. The van der Waals surface area contributed by atoms with Crippen molar-refractivity contribution < 1.29 is 19.2 Å². The third kappa shape index (κ3) is 2.75. The molecular formula is C17H14ClNO4. The molecule has 3 rings (SSSR count). The summed E-state index contributed by atoms with van der Waals surface area (Å²) in [7, 11) is 0. The number of aryl methyl sites for hydroxylation is 1. The molecule has 1 heterocycles. The van der Waals surface area contributed by atoms with Crippen LogP contribution in [-0.4, -0.2) is 22.8 Å². The summed E-state index contributed by atoms with van der Waals surface area (Å²) in [6.07, 6.45) is 0. The van der Waals surface area contributed by atoms with Crippen LogP contribution in [-0.2, 0) is 4.79 Å². The van der Waals surface area contributed by atoms with Crippen LogP contribution < -0.4 is 4.74 Å². The highest BCUT2D eigenvalue weighted by molar-refractivity contribution is 6.36. The minimum absolute atomic E-state index is 0.216. The van der Waals surface area contributed by atoms with Gasteiger partial charge in [0.2, 0.25) is 0 Å². The molecule has 0 aliphatic rings. The number of benzene rings is 2. The van der Waals surface area contributed by atoms with Crippen molar-refractivity contribution in [3.63, 3.8) is 0 Å². The van der Waals surface area contributed by atoms with Crippen molar-refractivity contribution in [1.82, 2.24) is 5.16 Å². The minimum atomic E-state index is -1.07. The fourth-order valence-electron chi connectivity index (χ4n) is 2.41. The molecule has 5 nitrogen and oxygen atoms in total. The summed E-state index contributed by atoms with van der Waals surface area (Å²) < 4.78 is 10.5. The summed E-state index contributed by atoms with van der Waals surface area (Å²) in [6, 6.07) is 9.36. The van der Waals surface area contributed by atoms with Crippen molar-refractivity contribution in [2.45, 2.75) is 13.8 Å². The van der Waals surface area contributed by atoms with E-state index in [9.17, 15) is 4.79 Å². The molecule has 1 aromatic heterocycles. The highest BCUT2D eigenvalue weighted by Crippen LogP contribution is 2.38. The molecule has 0 bridgehead atoms. The molecule has 23 heavy (non-hydrogen) atoms. The van der Waals surface area contributed by atoms with Gasteiger partial charge < -0.3 is 14.4 Å². The SMILES string of the molecule is Cc1cccc(-c2noc3c(Cl)c(OCC(=O)O)ccc23)c1C. The van der Waals surface area contributed by atoms with Crippen LogP contribution in [0.2, 0.25) is 5.02 Å². The van der Waals surface area contributed by atoms with Crippen molar-refractivity contribution >= 4 is 28.5 Å². The van der Waals surface area contributed by atoms with Crippen LogP contribution in [0, 0.1) is 13.8 Å². The predicted molar refractivity (Wildman–Crippen MR) is 87.1 cm³/mol. The van der Waals surface area contributed by atoms with E-state index in [0.29, 0.717) is 11.3 Å². The van der Waals surface area contributed by atoms with Gasteiger partial charge in [-0.2, -0.15) is 0 Å². The van der Waals surface area contributed by atoms with E-state index in [-0.39, 0.29) is 10.8 Å². The first kappa shape index (κ1) is 15.4. The van der Waals surface area contributed by atoms with Gasteiger partial charge in [0.1, 0.15) is 16.5 Å². The Kier molecular flexibility index (Phi) is 3.96. The van der Waals surface area contributed by atoms with E-state index < -0.39 is 12.6 Å². The molecule has 0 fully saturated rings. The van der Waals surface area contributed by atoms with Crippen LogP contribution in [0.3, 0.4) is 0 Å². The van der Waals surface area contributed by atoms with Crippen LogP contribution in [0.4, 0.5) is 0 Å². The summed E-state index contributed by atoms with van der Waals surface area (Å²) in [4.78, 5) is 10.6. The van der Waals surface area contributed by atoms with Crippen molar-refractivity contribution in [1.29, 1.82) is 0 Å². The number of ether oxygens (including phenoxy) is 1. The highest BCUT2D eigenvalue weighted by atomic mass is 35.5. The van der Waals surface area contributed by atoms with Crippen LogP contribution in [0.15, 0.2) is 34.9 Å². The quantitative estimate of drug-likeness (QED) is 0.774. The smallest absolute Gasteiger partial charge is 0.341 e. The Morgan fingerprint density at radius 2 is 2.09 bits per heavy atom. The number of carbonyl (C=O) groups is 1. The molecular weight excluding hydrogens is 318 g/mol. The number of nitrogens with zero attached hydrogens (tertiary/aromatic N) is 1. The lowest BCUT2D eigenvalue weighted by Gasteiger charge is -2.07. The maximum absolute atomic E-state index is 10.6. The van der Waals surface area contributed by atoms with Gasteiger partial charge in [0, 0.05) is 5.56 Å². The van der Waals surface area contributed by atoms with E-state index in [0.717, 1.165) is 22.1 Å². The largest absolute Gasteiger partial charge is 0.480 e. The van der Waals surface area contributed by atoms with Gasteiger partial charge in [0.25, 0.3) is 0 Å². The Morgan fingerprint density at radius 1 is 1.30 bits per heavy atom. The van der Waals surface area contributed by atoms with E-state index >= 15 is 0 Å². The van der Waals surface area contributed by atoms with Crippen molar-refractivity contribution in [2.24, 2.45) is 0 Å². The second-order valence-corrected chi connectivity index (χ2v) is 5.59. The van der Waals surface area contributed by atoms with Crippen molar-refractivity contribution in [3.05, 3.63) is 46.5 Å². The number of rotatable bonds is 4. The standard InChI is InChI=1S/C17H14ClNO4/c1-9-4-3-5-11(10(9)2)16-12-6-7-13(22-8-14(20)21)15(18)17(12)23-19-16/h3-7H,8H2,1-2H3,(H,20,21). The first-order valence-electron chi connectivity index (χ1n) is 6.98. The maximum atomic E-state index is 10.6. The lowest BCUT2D eigenvalue weighted by Crippen LogP contribution is -2.09. The van der Waals surface area contributed by atoms with E-state index in [2.05, 4.69) is 5.16 Å². The third-order valence-electron chi connectivity index (χ3n) is 3.76. The molecule has 0 radical (unpaired) electrons. The Morgan fingerprint density at radius 3 is 2.83 bits per heavy atom. The Bertz CT molecular complexity index is 901. The van der Waals surface area contributed by atoms with Crippen LogP contribution >= 0.6 is 11.6 Å². The van der Waals surface area contributed by atoms with Crippen molar-refractivity contribution in [3.8, 4) is 17.0 Å². The second kappa shape index (κ2) is 5.93. The summed E-state index contributed by atoms with van der Waals surface area (Å²) in [6.45, 7) is 3.59. The topological polar surface area (TPSA) is 72.6 Å². The van der Waals surface area contributed by atoms with E-state index in [1.165, 1.54) is 0 Å². The van der Waals surface area contributed by atoms with Gasteiger partial charge in [-0.15, -0.1) is 0 Å². The summed E-state index contributed by atoms with van der Waals surface area (Å²) in [5.74, 6) is -0.819. The molecule has 1 N–H and O–H groups in total. The number of aromatic nitrogens is 1. The minimum Gasteiger partial charge on any atom is -0.480 e. The van der Waals surface area contributed by atoms with Gasteiger partial charge in [0.15, 0.2) is 12.2 Å². The third-order valence-corrected chi connectivity index (χ3v) is 4.11. The summed E-state index contributed by atoms with van der Waals surface area (Å²) in [5.41, 5.74) is 4.33. The molecule has 0 spiro atoms. The molecule has 0 aliphatic heterocycles. The van der Waals surface area contributed by atoms with Gasteiger partial charge in [-0.05, 0) is 37.1 Å². The van der Waals surface area contributed by atoms with E-state index in [1.807, 2.05) is 32.0 Å². The molecule has 0 amide bonds. The molecule has 0 atom stereocenters. The van der Waals surface area contributed by atoms with Gasteiger partial charge >= 0.3 is 5.97 Å². The zero-order chi connectivity index (χ0) is 16.6. The zero-order valence-corrected chi connectivity index (χ0v) is 13.3. The second-order valence-electron chi connectivity index (χ2n) is 5.22. The fraction of sp³-hybridized carbons (Fsp3) is 0.176. The number of halogens is 1. The van der Waals surface area contributed by atoms with Crippen LogP contribution in [0.5, 0.6) is 5.75 Å². The Hall–Kier alpha value is -2.53. The number of hydrogen-bond donors (Lipinski definition) is 1. The highest BCUT2D eigenvalue weighted by Gasteiger charge is 2.18. The molecule has 118 valence electrons. The molecule has 3 aromatic rings. The lowest BCUT2D eigenvalue weighted by molar-refractivity contribution is -0.139. The number of carboxylic acids is 1. The number of hydrogen-bond acceptors (Lipinski definition) is 4. The predicted octanol–water partition coefficient (Wildman–Crippen LogP) is 4.23. The monoisotopic (exact) mass is 331 g/mol.